The first kappa shape index (κ1) is 10.9. The zero-order valence-electron chi connectivity index (χ0n) is 11.2. The summed E-state index contributed by atoms with van der Waals surface area (Å²) in [7, 11) is 0. The number of rotatable bonds is 2. The molecule has 1 unspecified atom stereocenters. The van der Waals surface area contributed by atoms with Crippen LogP contribution in [-0.4, -0.2) is 9.55 Å². The number of imidazole rings is 1. The number of hydrogen-bond acceptors (Lipinski definition) is 2. The summed E-state index contributed by atoms with van der Waals surface area (Å²) >= 11 is 0. The van der Waals surface area contributed by atoms with Gasteiger partial charge in [-0.05, 0) is 68.6 Å². The molecule has 4 bridgehead atoms. The van der Waals surface area contributed by atoms with E-state index in [4.69, 9.17) is 5.73 Å². The van der Waals surface area contributed by atoms with Gasteiger partial charge >= 0.3 is 0 Å². The summed E-state index contributed by atoms with van der Waals surface area (Å²) in [5.41, 5.74) is 6.53. The van der Waals surface area contributed by atoms with Gasteiger partial charge in [-0.25, -0.2) is 4.98 Å². The third kappa shape index (κ3) is 1.39. The molecule has 98 valence electrons. The summed E-state index contributed by atoms with van der Waals surface area (Å²) in [4.78, 5) is 4.21. The SMILES string of the molecule is CC(n1ccnc1N)C12CC3CC(CC(C3)C1)C2. The molecule has 4 saturated carbocycles. The summed E-state index contributed by atoms with van der Waals surface area (Å²) in [6.45, 7) is 2.37. The predicted molar refractivity (Wildman–Crippen MR) is 72.0 cm³/mol. The highest BCUT2D eigenvalue weighted by atomic mass is 15.2. The van der Waals surface area contributed by atoms with E-state index in [9.17, 15) is 0 Å². The maximum Gasteiger partial charge on any atom is 0.200 e. The molecule has 0 aliphatic heterocycles. The van der Waals surface area contributed by atoms with Crippen LogP contribution >= 0.6 is 0 Å². The minimum Gasteiger partial charge on any atom is -0.369 e. The standard InChI is InChI=1S/C15H23N3/c1-10(18-3-2-17-14(18)16)15-7-11-4-12(8-15)6-13(5-11)9-15/h2-3,10-13H,4-9H2,1H3,(H2,16,17). The van der Waals surface area contributed by atoms with Crippen molar-refractivity contribution in [2.24, 2.45) is 23.2 Å². The summed E-state index contributed by atoms with van der Waals surface area (Å²) in [5.74, 6) is 3.70. The predicted octanol–water partition coefficient (Wildman–Crippen LogP) is 3.24. The number of anilines is 1. The van der Waals surface area contributed by atoms with Gasteiger partial charge < -0.3 is 10.3 Å². The van der Waals surface area contributed by atoms with Crippen LogP contribution < -0.4 is 5.73 Å². The third-order valence-corrected chi connectivity index (χ3v) is 6.09. The van der Waals surface area contributed by atoms with E-state index in [2.05, 4.69) is 22.7 Å². The van der Waals surface area contributed by atoms with Crippen LogP contribution in [0.4, 0.5) is 5.95 Å². The molecule has 2 N–H and O–H groups in total. The second-order valence-corrected chi connectivity index (χ2v) is 7.15. The van der Waals surface area contributed by atoms with E-state index in [0.29, 0.717) is 17.4 Å². The fourth-order valence-electron chi connectivity index (χ4n) is 5.64. The Morgan fingerprint density at radius 1 is 1.22 bits per heavy atom. The maximum atomic E-state index is 6.01. The molecule has 0 aromatic carbocycles. The Hall–Kier alpha value is -0.990. The molecule has 4 fully saturated rings. The second kappa shape index (κ2) is 3.52. The zero-order valence-corrected chi connectivity index (χ0v) is 11.2. The maximum absolute atomic E-state index is 6.01. The molecule has 0 radical (unpaired) electrons. The van der Waals surface area contributed by atoms with E-state index in [-0.39, 0.29) is 0 Å². The number of nitrogens with two attached hydrogens (primary N) is 1. The number of nitrogen functional groups attached to an aromatic ring is 1. The van der Waals surface area contributed by atoms with Crippen LogP contribution in [0.15, 0.2) is 12.4 Å². The van der Waals surface area contributed by atoms with Crippen LogP contribution in [0.2, 0.25) is 0 Å². The Kier molecular flexibility index (Phi) is 2.13. The van der Waals surface area contributed by atoms with Crippen LogP contribution in [0.5, 0.6) is 0 Å². The monoisotopic (exact) mass is 245 g/mol. The second-order valence-electron chi connectivity index (χ2n) is 7.15. The Morgan fingerprint density at radius 3 is 2.22 bits per heavy atom. The van der Waals surface area contributed by atoms with E-state index in [1.54, 1.807) is 0 Å². The number of nitrogens with zero attached hydrogens (tertiary/aromatic N) is 2. The van der Waals surface area contributed by atoms with Crippen molar-refractivity contribution in [3.05, 3.63) is 12.4 Å². The highest BCUT2D eigenvalue weighted by molar-refractivity contribution is 5.20. The molecule has 4 aliphatic carbocycles. The smallest absolute Gasteiger partial charge is 0.200 e. The molecule has 5 rings (SSSR count). The Balaban J connectivity index is 1.69. The van der Waals surface area contributed by atoms with E-state index in [1.807, 2.05) is 6.20 Å². The first-order chi connectivity index (χ1) is 8.66. The number of hydrogen-bond donors (Lipinski definition) is 1. The van der Waals surface area contributed by atoms with E-state index in [1.165, 1.54) is 38.5 Å². The average Bonchev–Trinajstić information content (AvgIpc) is 2.72. The molecule has 1 aromatic rings. The molecule has 1 heterocycles. The van der Waals surface area contributed by atoms with Gasteiger partial charge in [-0.1, -0.05) is 0 Å². The molecular formula is C15H23N3. The van der Waals surface area contributed by atoms with Crippen molar-refractivity contribution >= 4 is 5.95 Å². The molecule has 18 heavy (non-hydrogen) atoms. The quantitative estimate of drug-likeness (QED) is 0.869. The summed E-state index contributed by atoms with van der Waals surface area (Å²) in [5, 5.41) is 0. The first-order valence-electron chi connectivity index (χ1n) is 7.44. The lowest BCUT2D eigenvalue weighted by Crippen LogP contribution is -2.49. The lowest BCUT2D eigenvalue weighted by molar-refractivity contribution is -0.0784. The van der Waals surface area contributed by atoms with Crippen LogP contribution in [0.3, 0.4) is 0 Å². The van der Waals surface area contributed by atoms with E-state index in [0.717, 1.165) is 17.8 Å². The summed E-state index contributed by atoms with van der Waals surface area (Å²) < 4.78 is 2.22. The molecule has 4 aliphatic rings. The summed E-state index contributed by atoms with van der Waals surface area (Å²) in [6, 6.07) is 0.522. The molecular weight excluding hydrogens is 222 g/mol. The fraction of sp³-hybridized carbons (Fsp3) is 0.800. The van der Waals surface area contributed by atoms with Crippen molar-refractivity contribution in [3.63, 3.8) is 0 Å². The van der Waals surface area contributed by atoms with Gasteiger partial charge in [0.05, 0.1) is 0 Å². The minimum absolute atomic E-state index is 0.517. The summed E-state index contributed by atoms with van der Waals surface area (Å²) in [6.07, 6.45) is 12.7. The largest absolute Gasteiger partial charge is 0.369 e. The zero-order chi connectivity index (χ0) is 12.3. The van der Waals surface area contributed by atoms with Crippen molar-refractivity contribution in [2.75, 3.05) is 5.73 Å². The van der Waals surface area contributed by atoms with Crippen molar-refractivity contribution in [1.29, 1.82) is 0 Å². The van der Waals surface area contributed by atoms with Gasteiger partial charge in [-0.15, -0.1) is 0 Å². The van der Waals surface area contributed by atoms with Crippen molar-refractivity contribution in [1.82, 2.24) is 9.55 Å². The van der Waals surface area contributed by atoms with Crippen molar-refractivity contribution in [3.8, 4) is 0 Å². The van der Waals surface area contributed by atoms with Crippen molar-refractivity contribution < 1.29 is 0 Å². The van der Waals surface area contributed by atoms with Gasteiger partial charge in [-0.3, -0.25) is 0 Å². The Labute approximate surface area is 109 Å². The molecule has 0 saturated heterocycles. The Bertz CT molecular complexity index is 427. The van der Waals surface area contributed by atoms with Crippen LogP contribution in [0, 0.1) is 23.2 Å². The van der Waals surface area contributed by atoms with Gasteiger partial charge in [0.2, 0.25) is 0 Å². The highest BCUT2D eigenvalue weighted by Crippen LogP contribution is 2.63. The fourth-order valence-corrected chi connectivity index (χ4v) is 5.64. The van der Waals surface area contributed by atoms with Crippen LogP contribution in [0.1, 0.15) is 51.5 Å². The third-order valence-electron chi connectivity index (χ3n) is 6.09. The van der Waals surface area contributed by atoms with Crippen molar-refractivity contribution in [2.45, 2.75) is 51.5 Å². The van der Waals surface area contributed by atoms with Gasteiger partial charge in [0.25, 0.3) is 0 Å². The van der Waals surface area contributed by atoms with E-state index < -0.39 is 0 Å². The van der Waals surface area contributed by atoms with E-state index >= 15 is 0 Å². The molecule has 3 nitrogen and oxygen atoms in total. The van der Waals surface area contributed by atoms with Gasteiger partial charge in [0, 0.05) is 18.4 Å². The first-order valence-corrected chi connectivity index (χ1v) is 7.44. The Morgan fingerprint density at radius 2 is 1.78 bits per heavy atom. The molecule has 3 heteroatoms. The molecule has 0 spiro atoms. The van der Waals surface area contributed by atoms with Gasteiger partial charge in [-0.2, -0.15) is 0 Å². The minimum atomic E-state index is 0.517. The molecule has 1 aromatic heterocycles. The van der Waals surface area contributed by atoms with Crippen LogP contribution in [-0.2, 0) is 0 Å². The number of aromatic nitrogens is 2. The molecule has 1 atom stereocenters. The lowest BCUT2D eigenvalue weighted by atomic mass is 9.48. The normalized spacial score (nSPS) is 43.3. The highest BCUT2D eigenvalue weighted by Gasteiger charge is 2.53. The van der Waals surface area contributed by atoms with Gasteiger partial charge in [0.1, 0.15) is 0 Å². The average molecular weight is 245 g/mol. The topological polar surface area (TPSA) is 43.8 Å². The van der Waals surface area contributed by atoms with Gasteiger partial charge in [0.15, 0.2) is 5.95 Å². The molecule has 0 amide bonds. The van der Waals surface area contributed by atoms with Crippen LogP contribution in [0.25, 0.3) is 0 Å². The lowest BCUT2D eigenvalue weighted by Gasteiger charge is -2.59.